The number of halogens is 3. The minimum atomic E-state index is -6.00. The molecule has 0 saturated heterocycles. The monoisotopic (exact) mass is 624 g/mol. The second-order valence-corrected chi connectivity index (χ2v) is 15.5. The molecule has 4 rings (SSSR count). The van der Waals surface area contributed by atoms with Gasteiger partial charge in [0, 0.05) is 6.42 Å². The number of rotatable bonds is 11. The highest BCUT2D eigenvalue weighted by molar-refractivity contribution is 7.86. The second-order valence-electron chi connectivity index (χ2n) is 14.0. The average Bonchev–Trinajstić information content (AvgIpc) is 3.27. The van der Waals surface area contributed by atoms with Crippen molar-refractivity contribution in [2.75, 3.05) is 13.2 Å². The van der Waals surface area contributed by atoms with Gasteiger partial charge in [0.2, 0.25) is 6.17 Å². The van der Waals surface area contributed by atoms with Crippen LogP contribution in [0, 0.1) is 46.3 Å². The van der Waals surface area contributed by atoms with E-state index in [0.717, 1.165) is 37.5 Å². The van der Waals surface area contributed by atoms with Crippen LogP contribution in [0.4, 0.5) is 13.2 Å². The molecule has 10 atom stereocenters. The number of carbonyl (C=O) groups is 2. The van der Waals surface area contributed by atoms with Crippen molar-refractivity contribution in [3.8, 4) is 0 Å². The van der Waals surface area contributed by atoms with E-state index in [4.69, 9.17) is 9.29 Å². The largest absolute Gasteiger partial charge is 0.465 e. The van der Waals surface area contributed by atoms with Crippen molar-refractivity contribution in [2.45, 2.75) is 115 Å². The number of ether oxygens (including phenoxy) is 2. The van der Waals surface area contributed by atoms with Crippen molar-refractivity contribution < 1.29 is 50.3 Å². The summed E-state index contributed by atoms with van der Waals surface area (Å²) >= 11 is 0. The van der Waals surface area contributed by atoms with Crippen LogP contribution in [0.25, 0.3) is 0 Å². The van der Waals surface area contributed by atoms with Gasteiger partial charge in [-0.2, -0.15) is 17.2 Å². The number of fused-ring (bicyclic) bond motifs is 5. The van der Waals surface area contributed by atoms with E-state index in [0.29, 0.717) is 35.5 Å². The zero-order valence-corrected chi connectivity index (χ0v) is 25.7. The van der Waals surface area contributed by atoms with Crippen LogP contribution in [0.2, 0.25) is 0 Å². The maximum absolute atomic E-state index is 13.4. The maximum Gasteiger partial charge on any atom is 0.403 e. The molecule has 4 aliphatic rings. The number of aliphatic hydroxyl groups is 1. The lowest BCUT2D eigenvalue weighted by Crippen LogP contribution is -2.54. The summed E-state index contributed by atoms with van der Waals surface area (Å²) in [5.41, 5.74) is 0.578. The smallest absolute Gasteiger partial charge is 0.403 e. The molecule has 4 saturated carbocycles. The summed E-state index contributed by atoms with van der Waals surface area (Å²) in [6.07, 6.45) is 7.01. The average molecular weight is 625 g/mol. The Labute approximate surface area is 247 Å². The SMILES string of the molecule is C[C@H](CCC(=O)OCCC(=O)OCC(F)C(F)(F)S(=O)(=O)O)[C@H]1CC[C@H]2[C@@H]3CC[C@@H]4C[C@H](O)CC[C@]4(C)[C@H]3CC[C@]12C. The van der Waals surface area contributed by atoms with Crippen molar-refractivity contribution in [3.63, 3.8) is 0 Å². The lowest BCUT2D eigenvalue weighted by atomic mass is 9.44. The molecule has 12 heteroatoms. The van der Waals surface area contributed by atoms with Gasteiger partial charge in [-0.15, -0.1) is 0 Å². The van der Waals surface area contributed by atoms with Crippen molar-refractivity contribution in [2.24, 2.45) is 46.3 Å². The minimum absolute atomic E-state index is 0.142. The number of carbonyl (C=O) groups excluding carboxylic acids is 2. The summed E-state index contributed by atoms with van der Waals surface area (Å²) in [7, 11) is -6.00. The van der Waals surface area contributed by atoms with Gasteiger partial charge in [-0.05, 0) is 111 Å². The Kier molecular flexibility index (Phi) is 10.00. The molecule has 0 bridgehead atoms. The third kappa shape index (κ3) is 6.50. The molecule has 42 heavy (non-hydrogen) atoms. The number of aliphatic hydroxyl groups excluding tert-OH is 1. The van der Waals surface area contributed by atoms with Crippen molar-refractivity contribution in [3.05, 3.63) is 0 Å². The second kappa shape index (κ2) is 12.5. The number of esters is 2. The summed E-state index contributed by atoms with van der Waals surface area (Å²) in [5, 5.41) is 5.17. The standard InChI is InChI=1S/C30H47F3O8S/c1-18(4-9-26(35)40-15-12-27(36)41-17-25(31)30(32,33)42(37,38)39)22-7-8-23-21-6-5-19-16-20(34)10-13-28(19,2)24(21)11-14-29(22,23)3/h18-25,34H,4-17H2,1-3H3,(H,37,38,39)/t18-,19-,20-,21+,22-,23+,24+,25?,28+,29-/m1/s1. The van der Waals surface area contributed by atoms with Gasteiger partial charge < -0.3 is 14.6 Å². The predicted molar refractivity (Wildman–Crippen MR) is 148 cm³/mol. The first kappa shape index (κ1) is 33.5. The van der Waals surface area contributed by atoms with E-state index in [1.54, 1.807) is 0 Å². The van der Waals surface area contributed by atoms with Crippen molar-refractivity contribution >= 4 is 22.1 Å². The molecule has 0 aliphatic heterocycles. The van der Waals surface area contributed by atoms with Crippen LogP contribution in [-0.2, 0) is 29.2 Å². The van der Waals surface area contributed by atoms with Crippen LogP contribution in [0.3, 0.4) is 0 Å². The maximum atomic E-state index is 13.4. The van der Waals surface area contributed by atoms with E-state index in [1.807, 2.05) is 0 Å². The van der Waals surface area contributed by atoms with Gasteiger partial charge in [0.15, 0.2) is 0 Å². The molecular formula is C30H47F3O8S. The van der Waals surface area contributed by atoms with Crippen LogP contribution >= 0.6 is 0 Å². The van der Waals surface area contributed by atoms with Gasteiger partial charge >= 0.3 is 27.3 Å². The summed E-state index contributed by atoms with van der Waals surface area (Å²) in [6.45, 7) is 5.21. The fraction of sp³-hybridized carbons (Fsp3) is 0.933. The molecule has 0 heterocycles. The third-order valence-corrected chi connectivity index (χ3v) is 12.8. The van der Waals surface area contributed by atoms with Crippen LogP contribution < -0.4 is 0 Å². The first-order valence-electron chi connectivity index (χ1n) is 15.5. The fourth-order valence-corrected chi connectivity index (χ4v) is 9.97. The first-order chi connectivity index (χ1) is 19.5. The zero-order valence-electron chi connectivity index (χ0n) is 24.9. The normalized spacial score (nSPS) is 38.0. The molecule has 0 spiro atoms. The van der Waals surface area contributed by atoms with E-state index < -0.39 is 46.5 Å². The van der Waals surface area contributed by atoms with Crippen LogP contribution in [0.1, 0.15) is 97.8 Å². The predicted octanol–water partition coefficient (Wildman–Crippen LogP) is 5.72. The molecule has 4 fully saturated rings. The summed E-state index contributed by atoms with van der Waals surface area (Å²) < 4.78 is 78.7. The molecule has 8 nitrogen and oxygen atoms in total. The molecular weight excluding hydrogens is 577 g/mol. The Bertz CT molecular complexity index is 1100. The van der Waals surface area contributed by atoms with E-state index in [2.05, 4.69) is 25.5 Å². The highest BCUT2D eigenvalue weighted by Gasteiger charge is 2.60. The molecule has 0 amide bonds. The molecule has 4 aliphatic carbocycles. The highest BCUT2D eigenvalue weighted by atomic mass is 32.2. The number of alkyl halides is 3. The molecule has 2 N–H and O–H groups in total. The lowest BCUT2D eigenvalue weighted by Gasteiger charge is -2.61. The van der Waals surface area contributed by atoms with Gasteiger partial charge in [-0.25, -0.2) is 4.39 Å². The van der Waals surface area contributed by atoms with Crippen LogP contribution in [0.15, 0.2) is 0 Å². The molecule has 0 aromatic rings. The summed E-state index contributed by atoms with van der Waals surface area (Å²) in [6, 6.07) is 0. The van der Waals surface area contributed by atoms with Crippen LogP contribution in [-0.4, -0.2) is 60.8 Å². The quantitative estimate of drug-likeness (QED) is 0.221. The Hall–Kier alpha value is -1.40. The number of hydrogen-bond acceptors (Lipinski definition) is 7. The van der Waals surface area contributed by atoms with Gasteiger partial charge in [-0.1, -0.05) is 20.8 Å². The van der Waals surface area contributed by atoms with Gasteiger partial charge in [0.25, 0.3) is 0 Å². The van der Waals surface area contributed by atoms with E-state index in [1.165, 1.54) is 32.1 Å². The van der Waals surface area contributed by atoms with Gasteiger partial charge in [0.1, 0.15) is 13.2 Å². The summed E-state index contributed by atoms with van der Waals surface area (Å²) in [4.78, 5) is 24.0. The first-order valence-corrected chi connectivity index (χ1v) is 16.9. The minimum Gasteiger partial charge on any atom is -0.465 e. The Morgan fingerprint density at radius 1 is 0.952 bits per heavy atom. The van der Waals surface area contributed by atoms with Crippen molar-refractivity contribution in [1.29, 1.82) is 0 Å². The highest BCUT2D eigenvalue weighted by Crippen LogP contribution is 2.68. The summed E-state index contributed by atoms with van der Waals surface area (Å²) in [5.74, 6) is 1.97. The molecule has 0 aromatic carbocycles. The number of hydrogen-bond donors (Lipinski definition) is 2. The fourth-order valence-electron chi connectivity index (χ4n) is 9.57. The third-order valence-electron chi connectivity index (χ3n) is 11.9. The lowest BCUT2D eigenvalue weighted by molar-refractivity contribution is -0.152. The molecule has 242 valence electrons. The van der Waals surface area contributed by atoms with E-state index >= 15 is 0 Å². The molecule has 0 radical (unpaired) electrons. The zero-order chi connectivity index (χ0) is 31.1. The van der Waals surface area contributed by atoms with E-state index in [-0.39, 0.29) is 24.5 Å². The van der Waals surface area contributed by atoms with Gasteiger partial charge in [0.05, 0.1) is 12.5 Å². The molecule has 1 unspecified atom stereocenters. The Morgan fingerprint density at radius 2 is 1.60 bits per heavy atom. The Morgan fingerprint density at radius 3 is 2.29 bits per heavy atom. The van der Waals surface area contributed by atoms with E-state index in [9.17, 15) is 36.3 Å². The molecule has 0 aromatic heterocycles. The van der Waals surface area contributed by atoms with Crippen molar-refractivity contribution in [1.82, 2.24) is 0 Å². The Balaban J connectivity index is 1.20. The topological polar surface area (TPSA) is 127 Å². The van der Waals surface area contributed by atoms with Crippen LogP contribution in [0.5, 0.6) is 0 Å². The van der Waals surface area contributed by atoms with Gasteiger partial charge in [-0.3, -0.25) is 14.1 Å².